The lowest BCUT2D eigenvalue weighted by molar-refractivity contribution is 0.0774. The molecule has 1 heterocycles. The summed E-state index contributed by atoms with van der Waals surface area (Å²) in [6.45, 7) is 3.26. The average Bonchev–Trinajstić information content (AvgIpc) is 2.88. The zero-order valence-corrected chi connectivity index (χ0v) is 13.6. The van der Waals surface area contributed by atoms with Crippen molar-refractivity contribution in [2.75, 3.05) is 7.05 Å². The van der Waals surface area contributed by atoms with Crippen LogP contribution in [0.1, 0.15) is 28.5 Å². The molecular weight excluding hydrogens is 330 g/mol. The minimum Gasteiger partial charge on any atom is -0.343 e. The fourth-order valence-electron chi connectivity index (χ4n) is 2.14. The first kappa shape index (κ1) is 15.3. The Morgan fingerprint density at radius 1 is 1.38 bits per heavy atom. The van der Waals surface area contributed by atoms with Crippen molar-refractivity contribution in [1.82, 2.24) is 9.47 Å². The molecule has 5 heteroatoms. The van der Waals surface area contributed by atoms with Gasteiger partial charge in [-0.25, -0.2) is 0 Å². The molecule has 0 radical (unpaired) electrons. The highest BCUT2D eigenvalue weighted by atomic mass is 79.9. The summed E-state index contributed by atoms with van der Waals surface area (Å²) in [6, 6.07) is 11.2. The SMILES string of the molecule is CCn1cc(Br)cc1C(=O)N(C)Cc1ccc(C#N)cc1. The Hall–Kier alpha value is -2.06. The van der Waals surface area contributed by atoms with E-state index in [2.05, 4.69) is 22.0 Å². The highest BCUT2D eigenvalue weighted by Crippen LogP contribution is 2.17. The molecule has 0 spiro atoms. The van der Waals surface area contributed by atoms with E-state index in [4.69, 9.17) is 5.26 Å². The number of aryl methyl sites for hydroxylation is 1. The smallest absolute Gasteiger partial charge is 0.270 e. The number of benzene rings is 1. The molecule has 4 nitrogen and oxygen atoms in total. The van der Waals surface area contributed by atoms with Crippen molar-refractivity contribution in [2.24, 2.45) is 0 Å². The predicted octanol–water partition coefficient (Wildman–Crippen LogP) is 3.41. The normalized spacial score (nSPS) is 10.2. The lowest BCUT2D eigenvalue weighted by Crippen LogP contribution is -2.28. The number of halogens is 1. The number of nitriles is 1. The lowest BCUT2D eigenvalue weighted by atomic mass is 10.1. The number of hydrogen-bond acceptors (Lipinski definition) is 2. The van der Waals surface area contributed by atoms with Crippen molar-refractivity contribution >= 4 is 21.8 Å². The van der Waals surface area contributed by atoms with Gasteiger partial charge in [-0.2, -0.15) is 5.26 Å². The average molecular weight is 346 g/mol. The maximum Gasteiger partial charge on any atom is 0.270 e. The third kappa shape index (κ3) is 3.53. The van der Waals surface area contributed by atoms with Crippen LogP contribution < -0.4 is 0 Å². The molecule has 108 valence electrons. The van der Waals surface area contributed by atoms with Crippen molar-refractivity contribution < 1.29 is 4.79 Å². The molecular formula is C16H16BrN3O. The topological polar surface area (TPSA) is 49.0 Å². The van der Waals surface area contributed by atoms with E-state index < -0.39 is 0 Å². The molecule has 0 saturated heterocycles. The van der Waals surface area contributed by atoms with Crippen LogP contribution >= 0.6 is 15.9 Å². The summed E-state index contributed by atoms with van der Waals surface area (Å²) in [5, 5.41) is 8.79. The molecule has 0 N–H and O–H groups in total. The molecule has 0 bridgehead atoms. The Bertz CT molecular complexity index is 683. The van der Waals surface area contributed by atoms with E-state index in [1.165, 1.54) is 0 Å². The van der Waals surface area contributed by atoms with Gasteiger partial charge in [0.1, 0.15) is 5.69 Å². The molecule has 21 heavy (non-hydrogen) atoms. The van der Waals surface area contributed by atoms with E-state index in [9.17, 15) is 4.79 Å². The van der Waals surface area contributed by atoms with Crippen molar-refractivity contribution in [1.29, 1.82) is 5.26 Å². The Balaban J connectivity index is 2.13. The highest BCUT2D eigenvalue weighted by Gasteiger charge is 2.16. The van der Waals surface area contributed by atoms with Crippen LogP contribution in [0.2, 0.25) is 0 Å². The van der Waals surface area contributed by atoms with Gasteiger partial charge in [0.2, 0.25) is 0 Å². The summed E-state index contributed by atoms with van der Waals surface area (Å²) in [5.41, 5.74) is 2.29. The fourth-order valence-corrected chi connectivity index (χ4v) is 2.61. The Morgan fingerprint density at radius 3 is 2.62 bits per heavy atom. The van der Waals surface area contributed by atoms with Crippen molar-refractivity contribution in [3.05, 3.63) is 57.8 Å². The minimum absolute atomic E-state index is 0.0214. The summed E-state index contributed by atoms with van der Waals surface area (Å²) in [6.07, 6.45) is 1.91. The molecule has 0 atom stereocenters. The second-order valence-corrected chi connectivity index (χ2v) is 5.72. The van der Waals surface area contributed by atoms with E-state index in [1.54, 1.807) is 24.1 Å². The lowest BCUT2D eigenvalue weighted by Gasteiger charge is -2.18. The number of carbonyl (C=O) groups is 1. The van der Waals surface area contributed by atoms with Crippen LogP contribution in [0.4, 0.5) is 0 Å². The second-order valence-electron chi connectivity index (χ2n) is 4.80. The zero-order valence-electron chi connectivity index (χ0n) is 12.0. The van der Waals surface area contributed by atoms with Crippen LogP contribution in [-0.4, -0.2) is 22.4 Å². The number of hydrogen-bond donors (Lipinski definition) is 0. The Labute approximate surface area is 132 Å². The van der Waals surface area contributed by atoms with Gasteiger partial charge in [0.05, 0.1) is 11.6 Å². The van der Waals surface area contributed by atoms with E-state index in [0.29, 0.717) is 17.8 Å². The van der Waals surface area contributed by atoms with Gasteiger partial charge in [-0.3, -0.25) is 4.79 Å². The summed E-state index contributed by atoms with van der Waals surface area (Å²) in [4.78, 5) is 14.2. The molecule has 1 aromatic carbocycles. The van der Waals surface area contributed by atoms with Gasteiger partial charge in [-0.15, -0.1) is 0 Å². The van der Waals surface area contributed by atoms with Crippen molar-refractivity contribution in [3.8, 4) is 6.07 Å². The first-order valence-electron chi connectivity index (χ1n) is 6.65. The van der Waals surface area contributed by atoms with Crippen LogP contribution in [-0.2, 0) is 13.1 Å². The van der Waals surface area contributed by atoms with Gasteiger partial charge < -0.3 is 9.47 Å². The predicted molar refractivity (Wildman–Crippen MR) is 84.8 cm³/mol. The summed E-state index contributed by atoms with van der Waals surface area (Å²) in [5.74, 6) is -0.0214. The molecule has 0 aliphatic rings. The maximum absolute atomic E-state index is 12.5. The summed E-state index contributed by atoms with van der Waals surface area (Å²) < 4.78 is 2.82. The fraction of sp³-hybridized carbons (Fsp3) is 0.250. The van der Waals surface area contributed by atoms with E-state index in [-0.39, 0.29) is 5.91 Å². The van der Waals surface area contributed by atoms with Crippen LogP contribution in [0, 0.1) is 11.3 Å². The number of nitrogens with zero attached hydrogens (tertiary/aromatic N) is 3. The largest absolute Gasteiger partial charge is 0.343 e. The standard InChI is InChI=1S/C16H16BrN3O/c1-3-20-11-14(17)8-15(20)16(21)19(2)10-13-6-4-12(9-18)5-7-13/h4-8,11H,3,10H2,1-2H3. The first-order valence-corrected chi connectivity index (χ1v) is 7.44. The van der Waals surface area contributed by atoms with Gasteiger partial charge in [-0.05, 0) is 46.6 Å². The van der Waals surface area contributed by atoms with E-state index >= 15 is 0 Å². The Morgan fingerprint density at radius 2 is 2.05 bits per heavy atom. The van der Waals surface area contributed by atoms with Crippen LogP contribution in [0.3, 0.4) is 0 Å². The third-order valence-electron chi connectivity index (χ3n) is 3.27. The van der Waals surface area contributed by atoms with Gasteiger partial charge in [0.15, 0.2) is 0 Å². The summed E-state index contributed by atoms with van der Waals surface area (Å²) >= 11 is 3.40. The second kappa shape index (κ2) is 6.59. The van der Waals surface area contributed by atoms with E-state index in [0.717, 1.165) is 16.6 Å². The zero-order chi connectivity index (χ0) is 15.4. The Kier molecular flexibility index (Phi) is 4.81. The molecule has 0 aliphatic carbocycles. The monoisotopic (exact) mass is 345 g/mol. The number of aromatic nitrogens is 1. The molecule has 0 aliphatic heterocycles. The van der Waals surface area contributed by atoms with E-state index in [1.807, 2.05) is 35.9 Å². The number of amides is 1. The maximum atomic E-state index is 12.5. The molecule has 2 aromatic rings. The number of rotatable bonds is 4. The highest BCUT2D eigenvalue weighted by molar-refractivity contribution is 9.10. The third-order valence-corrected chi connectivity index (χ3v) is 3.71. The molecule has 1 amide bonds. The van der Waals surface area contributed by atoms with Crippen molar-refractivity contribution in [3.63, 3.8) is 0 Å². The number of carbonyl (C=O) groups excluding carboxylic acids is 1. The first-order chi connectivity index (χ1) is 10.0. The minimum atomic E-state index is -0.0214. The van der Waals surface area contributed by atoms with Crippen LogP contribution in [0.15, 0.2) is 41.0 Å². The van der Waals surface area contributed by atoms with Gasteiger partial charge >= 0.3 is 0 Å². The van der Waals surface area contributed by atoms with Crippen molar-refractivity contribution in [2.45, 2.75) is 20.0 Å². The molecule has 2 rings (SSSR count). The summed E-state index contributed by atoms with van der Waals surface area (Å²) in [7, 11) is 1.78. The van der Waals surface area contributed by atoms with Crippen LogP contribution in [0.25, 0.3) is 0 Å². The van der Waals surface area contributed by atoms with Gasteiger partial charge in [0, 0.05) is 30.8 Å². The quantitative estimate of drug-likeness (QED) is 0.852. The molecule has 0 saturated carbocycles. The molecule has 1 aromatic heterocycles. The molecule has 0 unspecified atom stereocenters. The molecule has 0 fully saturated rings. The van der Waals surface area contributed by atoms with Gasteiger partial charge in [-0.1, -0.05) is 12.1 Å². The van der Waals surface area contributed by atoms with Crippen LogP contribution in [0.5, 0.6) is 0 Å². The van der Waals surface area contributed by atoms with Gasteiger partial charge in [0.25, 0.3) is 5.91 Å².